The zero-order valence-electron chi connectivity index (χ0n) is 19.6. The van der Waals surface area contributed by atoms with Gasteiger partial charge in [0.2, 0.25) is 0 Å². The van der Waals surface area contributed by atoms with Crippen LogP contribution in [0.3, 0.4) is 0 Å². The summed E-state index contributed by atoms with van der Waals surface area (Å²) in [5, 5.41) is 8.84. The number of rotatable bonds is 4. The maximum atomic E-state index is 13.6. The molecule has 0 amide bonds. The molecule has 2 fully saturated rings. The van der Waals surface area contributed by atoms with Crippen molar-refractivity contribution in [2.75, 3.05) is 18.0 Å². The molecule has 1 saturated heterocycles. The van der Waals surface area contributed by atoms with E-state index in [1.165, 1.54) is 25.7 Å². The standard InChI is InChI=1S/C26H27BrF2N6/c1-17-14-20(31-24(30-17)18-4-6-26(28,29)7-5-18)21-16-35(33-32-21)22-3-2-19(27)15-23(22)34-12-10-25(8-9-25)11-13-34/h2-4,14-16H,5-13H2,1H3. The normalized spacial score (nSPS) is 20.7. The van der Waals surface area contributed by atoms with Gasteiger partial charge in [0.1, 0.15) is 5.69 Å². The van der Waals surface area contributed by atoms with Crippen molar-refractivity contribution >= 4 is 27.2 Å². The molecule has 6 rings (SSSR count). The molecule has 1 aliphatic heterocycles. The van der Waals surface area contributed by atoms with Gasteiger partial charge in [-0.2, -0.15) is 0 Å². The van der Waals surface area contributed by atoms with Crippen LogP contribution in [0.2, 0.25) is 0 Å². The molecular formula is C26H27BrF2N6. The van der Waals surface area contributed by atoms with E-state index in [0.717, 1.165) is 40.2 Å². The summed E-state index contributed by atoms with van der Waals surface area (Å²) in [5.41, 5.74) is 5.52. The summed E-state index contributed by atoms with van der Waals surface area (Å²) in [7, 11) is 0. The van der Waals surface area contributed by atoms with Gasteiger partial charge in [0.15, 0.2) is 5.82 Å². The zero-order chi connectivity index (χ0) is 24.2. The summed E-state index contributed by atoms with van der Waals surface area (Å²) < 4.78 is 30.0. The molecule has 0 atom stereocenters. The number of anilines is 1. The first-order valence-electron chi connectivity index (χ1n) is 12.2. The van der Waals surface area contributed by atoms with Crippen LogP contribution >= 0.6 is 15.9 Å². The lowest BCUT2D eigenvalue weighted by Crippen LogP contribution is -2.35. The van der Waals surface area contributed by atoms with Crippen LogP contribution in [0.1, 0.15) is 56.5 Å². The molecule has 1 spiro atoms. The highest BCUT2D eigenvalue weighted by Gasteiger charge is 2.44. The predicted molar refractivity (Wildman–Crippen MR) is 135 cm³/mol. The smallest absolute Gasteiger partial charge is 0.251 e. The van der Waals surface area contributed by atoms with Crippen molar-refractivity contribution in [2.45, 2.75) is 57.8 Å². The minimum atomic E-state index is -2.64. The molecule has 0 radical (unpaired) electrons. The molecular weight excluding hydrogens is 514 g/mol. The van der Waals surface area contributed by atoms with Crippen LogP contribution in [0.25, 0.3) is 22.6 Å². The summed E-state index contributed by atoms with van der Waals surface area (Å²) in [6.45, 7) is 3.98. The van der Waals surface area contributed by atoms with Crippen LogP contribution in [0.5, 0.6) is 0 Å². The van der Waals surface area contributed by atoms with Crippen LogP contribution in [-0.4, -0.2) is 44.0 Å². The van der Waals surface area contributed by atoms with Gasteiger partial charge < -0.3 is 4.90 Å². The van der Waals surface area contributed by atoms with Crippen LogP contribution in [0.15, 0.2) is 41.0 Å². The van der Waals surface area contributed by atoms with Crippen LogP contribution < -0.4 is 4.90 Å². The van der Waals surface area contributed by atoms with Crippen molar-refractivity contribution in [3.63, 3.8) is 0 Å². The molecule has 1 aromatic carbocycles. The average Bonchev–Trinajstić information content (AvgIpc) is 3.39. The van der Waals surface area contributed by atoms with Gasteiger partial charge in [0.25, 0.3) is 5.92 Å². The third-order valence-corrected chi connectivity index (χ3v) is 8.10. The maximum Gasteiger partial charge on any atom is 0.251 e. The van der Waals surface area contributed by atoms with E-state index in [4.69, 9.17) is 0 Å². The number of aromatic nitrogens is 5. The summed E-state index contributed by atoms with van der Waals surface area (Å²) >= 11 is 3.63. The maximum absolute atomic E-state index is 13.6. The lowest BCUT2D eigenvalue weighted by atomic mass is 9.93. The number of aryl methyl sites for hydroxylation is 1. The van der Waals surface area contributed by atoms with Gasteiger partial charge in [0.05, 0.1) is 23.3 Å². The van der Waals surface area contributed by atoms with Crippen molar-refractivity contribution in [3.8, 4) is 17.1 Å². The van der Waals surface area contributed by atoms with Crippen LogP contribution in [0, 0.1) is 12.3 Å². The van der Waals surface area contributed by atoms with E-state index in [2.05, 4.69) is 53.2 Å². The number of piperidine rings is 1. The van der Waals surface area contributed by atoms with E-state index < -0.39 is 5.92 Å². The van der Waals surface area contributed by atoms with Crippen molar-refractivity contribution in [2.24, 2.45) is 5.41 Å². The van der Waals surface area contributed by atoms with Crippen molar-refractivity contribution < 1.29 is 8.78 Å². The summed E-state index contributed by atoms with van der Waals surface area (Å²) in [6, 6.07) is 8.09. The quantitative estimate of drug-likeness (QED) is 0.384. The molecule has 3 heterocycles. The predicted octanol–water partition coefficient (Wildman–Crippen LogP) is 6.38. The number of allylic oxidation sites excluding steroid dienone is 2. The lowest BCUT2D eigenvalue weighted by molar-refractivity contribution is -0.00608. The van der Waals surface area contributed by atoms with Crippen LogP contribution in [0.4, 0.5) is 14.5 Å². The second-order valence-electron chi connectivity index (χ2n) is 10.2. The summed E-state index contributed by atoms with van der Waals surface area (Å²) in [5.74, 6) is -2.15. The first-order valence-corrected chi connectivity index (χ1v) is 13.0. The van der Waals surface area contributed by atoms with E-state index >= 15 is 0 Å². The Bertz CT molecular complexity index is 1300. The Balaban J connectivity index is 1.30. The highest BCUT2D eigenvalue weighted by Crippen LogP contribution is 2.54. The monoisotopic (exact) mass is 540 g/mol. The molecule has 35 heavy (non-hydrogen) atoms. The lowest BCUT2D eigenvalue weighted by Gasteiger charge is -2.35. The molecule has 9 heteroatoms. The highest BCUT2D eigenvalue weighted by molar-refractivity contribution is 9.10. The largest absolute Gasteiger partial charge is 0.370 e. The first kappa shape index (κ1) is 22.8. The Morgan fingerprint density at radius 1 is 0.943 bits per heavy atom. The van der Waals surface area contributed by atoms with Crippen molar-refractivity contribution in [1.82, 2.24) is 25.0 Å². The average molecular weight is 541 g/mol. The molecule has 2 aliphatic carbocycles. The number of benzene rings is 1. The van der Waals surface area contributed by atoms with Gasteiger partial charge in [0, 0.05) is 36.1 Å². The van der Waals surface area contributed by atoms with E-state index in [1.54, 1.807) is 10.8 Å². The number of alkyl halides is 2. The molecule has 3 aliphatic rings. The Morgan fingerprint density at radius 2 is 1.74 bits per heavy atom. The first-order chi connectivity index (χ1) is 16.8. The fourth-order valence-electron chi connectivity index (χ4n) is 5.18. The summed E-state index contributed by atoms with van der Waals surface area (Å²) in [4.78, 5) is 11.6. The third kappa shape index (κ3) is 4.62. The molecule has 0 bridgehead atoms. The molecule has 0 N–H and O–H groups in total. The number of halogens is 3. The molecule has 182 valence electrons. The Labute approximate surface area is 211 Å². The van der Waals surface area contributed by atoms with E-state index in [1.807, 2.05) is 25.3 Å². The van der Waals surface area contributed by atoms with Gasteiger partial charge in [-0.3, -0.25) is 0 Å². The second kappa shape index (κ2) is 8.47. The van der Waals surface area contributed by atoms with Crippen LogP contribution in [-0.2, 0) is 0 Å². The number of hydrogen-bond acceptors (Lipinski definition) is 5. The van der Waals surface area contributed by atoms with Crippen molar-refractivity contribution in [1.29, 1.82) is 0 Å². The van der Waals surface area contributed by atoms with E-state index in [9.17, 15) is 8.78 Å². The van der Waals surface area contributed by atoms with Gasteiger partial charge in [-0.15, -0.1) is 5.10 Å². The topological polar surface area (TPSA) is 59.7 Å². The van der Waals surface area contributed by atoms with Gasteiger partial charge >= 0.3 is 0 Å². The third-order valence-electron chi connectivity index (χ3n) is 7.61. The molecule has 0 unspecified atom stereocenters. The van der Waals surface area contributed by atoms with Gasteiger partial charge in [-0.25, -0.2) is 23.4 Å². The highest BCUT2D eigenvalue weighted by atomic mass is 79.9. The van der Waals surface area contributed by atoms with Gasteiger partial charge in [-0.05, 0) is 74.3 Å². The van der Waals surface area contributed by atoms with Crippen molar-refractivity contribution in [3.05, 3.63) is 52.5 Å². The minimum absolute atomic E-state index is 0.175. The SMILES string of the molecule is Cc1cc(-c2cn(-c3ccc(Br)cc3N3CCC4(CC3)CC4)nn2)nc(C2=CCC(F)(F)CC2)n1. The molecule has 1 saturated carbocycles. The molecule has 2 aromatic heterocycles. The van der Waals surface area contributed by atoms with E-state index in [0.29, 0.717) is 22.6 Å². The zero-order valence-corrected chi connectivity index (χ0v) is 21.2. The summed E-state index contributed by atoms with van der Waals surface area (Å²) in [6.07, 6.45) is 8.50. The minimum Gasteiger partial charge on any atom is -0.370 e. The number of hydrogen-bond donors (Lipinski definition) is 0. The fourth-order valence-corrected chi connectivity index (χ4v) is 5.53. The second-order valence-corrected chi connectivity index (χ2v) is 11.1. The fraction of sp³-hybridized carbons (Fsp3) is 0.462. The Kier molecular flexibility index (Phi) is 5.51. The molecule has 6 nitrogen and oxygen atoms in total. The van der Waals surface area contributed by atoms with E-state index in [-0.39, 0.29) is 19.3 Å². The number of nitrogens with zero attached hydrogens (tertiary/aromatic N) is 6. The van der Waals surface area contributed by atoms with Gasteiger partial charge in [-0.1, -0.05) is 27.2 Å². The molecule has 3 aromatic rings. The Hall–Kier alpha value is -2.68. The Morgan fingerprint density at radius 3 is 2.46 bits per heavy atom.